The zero-order valence-electron chi connectivity index (χ0n) is 12.7. The van der Waals surface area contributed by atoms with Gasteiger partial charge in [-0.2, -0.15) is 0 Å². The number of amides is 1. The second-order valence-electron chi connectivity index (χ2n) is 5.02. The van der Waals surface area contributed by atoms with Crippen molar-refractivity contribution in [3.8, 4) is 0 Å². The number of carbonyl (C=O) groups excluding carboxylic acids is 1. The number of nitrogens with one attached hydrogen (secondary N) is 2. The lowest BCUT2D eigenvalue weighted by Crippen LogP contribution is -2.38. The molecule has 0 aliphatic rings. The number of imidazole rings is 1. The molecule has 0 unspecified atom stereocenters. The molecule has 118 valence electrons. The monoisotopic (exact) mass is 306 g/mol. The maximum absolute atomic E-state index is 12.2. The van der Waals surface area contributed by atoms with Gasteiger partial charge in [-0.25, -0.2) is 9.78 Å². The quantitative estimate of drug-likeness (QED) is 0.688. The zero-order valence-corrected chi connectivity index (χ0v) is 12.7. The lowest BCUT2D eigenvalue weighted by Gasteiger charge is -2.08. The Morgan fingerprint density at radius 1 is 1.27 bits per heavy atom. The summed E-state index contributed by atoms with van der Waals surface area (Å²) in [5.74, 6) is -0.244. The van der Waals surface area contributed by atoms with Crippen molar-refractivity contribution in [2.45, 2.75) is 19.9 Å². The van der Waals surface area contributed by atoms with Crippen molar-refractivity contribution >= 4 is 17.1 Å². The maximum Gasteiger partial charge on any atom is 0.332 e. The van der Waals surface area contributed by atoms with E-state index in [1.54, 1.807) is 18.5 Å². The van der Waals surface area contributed by atoms with Crippen molar-refractivity contribution in [3.05, 3.63) is 39.4 Å². The molecule has 1 amide bonds. The zero-order chi connectivity index (χ0) is 16.4. The molecule has 2 aromatic rings. The molecule has 0 saturated carbocycles. The number of nitrogens with zero attached hydrogens (tertiary/aromatic N) is 4. The van der Waals surface area contributed by atoms with Gasteiger partial charge in [-0.1, -0.05) is 6.58 Å². The molecule has 2 heterocycles. The number of carbonyl (C=O) groups is 1. The van der Waals surface area contributed by atoms with E-state index in [4.69, 9.17) is 0 Å². The van der Waals surface area contributed by atoms with Crippen LogP contribution in [-0.2, 0) is 25.4 Å². The maximum atomic E-state index is 12.2. The summed E-state index contributed by atoms with van der Waals surface area (Å²) in [4.78, 5) is 39.8. The predicted molar refractivity (Wildman–Crippen MR) is 80.9 cm³/mol. The Balaban J connectivity index is 2.27. The summed E-state index contributed by atoms with van der Waals surface area (Å²) in [6.07, 6.45) is 1.60. The molecule has 0 fully saturated rings. The summed E-state index contributed by atoms with van der Waals surface area (Å²) in [6.45, 7) is 5.59. The number of fused-ring (bicyclic) bond motifs is 1. The molecule has 0 spiro atoms. The average Bonchev–Trinajstić information content (AvgIpc) is 2.90. The van der Waals surface area contributed by atoms with Gasteiger partial charge in [0, 0.05) is 32.8 Å². The van der Waals surface area contributed by atoms with Crippen LogP contribution in [0.4, 0.5) is 0 Å². The Morgan fingerprint density at radius 3 is 2.59 bits per heavy atom. The first-order valence-corrected chi connectivity index (χ1v) is 6.64. The molecule has 0 saturated heterocycles. The van der Waals surface area contributed by atoms with Gasteiger partial charge in [-0.3, -0.25) is 24.1 Å². The first kappa shape index (κ1) is 15.5. The smallest absolute Gasteiger partial charge is 0.324 e. The van der Waals surface area contributed by atoms with E-state index in [0.717, 1.165) is 4.57 Å². The molecule has 2 N–H and O–H groups in total. The largest absolute Gasteiger partial charge is 0.332 e. The SMILES string of the molecule is C=C(C)NNC(=O)CCn1cnc2c1c(=O)n(C)c(=O)n2C. The van der Waals surface area contributed by atoms with Crippen LogP contribution in [0.3, 0.4) is 0 Å². The van der Waals surface area contributed by atoms with Gasteiger partial charge in [-0.15, -0.1) is 0 Å². The normalized spacial score (nSPS) is 10.7. The van der Waals surface area contributed by atoms with E-state index in [1.165, 1.54) is 17.9 Å². The number of rotatable bonds is 5. The highest BCUT2D eigenvalue weighted by atomic mass is 16.2. The minimum atomic E-state index is -0.439. The Hall–Kier alpha value is -2.84. The first-order valence-electron chi connectivity index (χ1n) is 6.64. The molecule has 2 aromatic heterocycles. The van der Waals surface area contributed by atoms with Gasteiger partial charge in [0.25, 0.3) is 5.56 Å². The fraction of sp³-hybridized carbons (Fsp3) is 0.385. The highest BCUT2D eigenvalue weighted by Gasteiger charge is 2.14. The Morgan fingerprint density at radius 2 is 1.95 bits per heavy atom. The van der Waals surface area contributed by atoms with Crippen molar-refractivity contribution in [3.63, 3.8) is 0 Å². The minimum absolute atomic E-state index is 0.151. The molecular formula is C13H18N6O3. The summed E-state index contributed by atoms with van der Waals surface area (Å²) in [6, 6.07) is 0. The second kappa shape index (κ2) is 5.88. The van der Waals surface area contributed by atoms with Gasteiger partial charge < -0.3 is 9.99 Å². The molecule has 2 rings (SSSR count). The third-order valence-corrected chi connectivity index (χ3v) is 3.21. The number of hydrazine groups is 1. The third kappa shape index (κ3) is 2.78. The highest BCUT2D eigenvalue weighted by molar-refractivity contribution is 5.76. The summed E-state index contributed by atoms with van der Waals surface area (Å²) in [5.41, 5.74) is 5.44. The Labute approximate surface area is 125 Å². The molecular weight excluding hydrogens is 288 g/mol. The molecule has 0 bridgehead atoms. The van der Waals surface area contributed by atoms with Crippen molar-refractivity contribution in [1.29, 1.82) is 0 Å². The summed E-state index contributed by atoms with van der Waals surface area (Å²) in [7, 11) is 2.95. The van der Waals surface area contributed by atoms with E-state index < -0.39 is 11.2 Å². The highest BCUT2D eigenvalue weighted by Crippen LogP contribution is 2.06. The fourth-order valence-electron chi connectivity index (χ4n) is 2.03. The van der Waals surface area contributed by atoms with E-state index in [-0.39, 0.29) is 18.9 Å². The third-order valence-electron chi connectivity index (χ3n) is 3.21. The van der Waals surface area contributed by atoms with Crippen molar-refractivity contribution in [2.75, 3.05) is 0 Å². The summed E-state index contributed by atoms with van der Waals surface area (Å²) < 4.78 is 3.89. The van der Waals surface area contributed by atoms with E-state index in [0.29, 0.717) is 16.9 Å². The van der Waals surface area contributed by atoms with Gasteiger partial charge in [0.15, 0.2) is 11.2 Å². The van der Waals surface area contributed by atoms with Crippen LogP contribution >= 0.6 is 0 Å². The average molecular weight is 306 g/mol. The van der Waals surface area contributed by atoms with Gasteiger partial charge in [-0.05, 0) is 6.92 Å². The molecule has 22 heavy (non-hydrogen) atoms. The second-order valence-corrected chi connectivity index (χ2v) is 5.02. The molecule has 0 aliphatic heterocycles. The predicted octanol–water partition coefficient (Wildman–Crippen LogP) is -1.02. The van der Waals surface area contributed by atoms with E-state index in [2.05, 4.69) is 22.4 Å². The Kier molecular flexibility index (Phi) is 4.15. The Bertz CT molecular complexity index is 857. The number of hydrogen-bond donors (Lipinski definition) is 2. The van der Waals surface area contributed by atoms with E-state index in [9.17, 15) is 14.4 Å². The molecule has 0 atom stereocenters. The number of aromatic nitrogens is 4. The number of hydrogen-bond acceptors (Lipinski definition) is 5. The number of allylic oxidation sites excluding steroid dienone is 1. The lowest BCUT2D eigenvalue weighted by molar-refractivity contribution is -0.122. The van der Waals surface area contributed by atoms with Gasteiger partial charge in [0.05, 0.1) is 6.33 Å². The van der Waals surface area contributed by atoms with Gasteiger partial charge >= 0.3 is 5.69 Å². The van der Waals surface area contributed by atoms with Crippen LogP contribution in [0, 0.1) is 0 Å². The standard InChI is InChI=1S/C13H18N6O3/c1-8(2)15-16-9(20)5-6-19-7-14-11-10(19)12(21)18(4)13(22)17(11)3/h7,15H,1,5-6H2,2-4H3,(H,16,20). The lowest BCUT2D eigenvalue weighted by atomic mass is 10.4. The van der Waals surface area contributed by atoms with E-state index >= 15 is 0 Å². The van der Waals surface area contributed by atoms with Crippen LogP contribution in [0.5, 0.6) is 0 Å². The molecule has 9 heteroatoms. The topological polar surface area (TPSA) is 103 Å². The first-order chi connectivity index (χ1) is 10.3. The van der Waals surface area contributed by atoms with Crippen LogP contribution in [0.1, 0.15) is 13.3 Å². The van der Waals surface area contributed by atoms with Crippen molar-refractivity contribution in [2.24, 2.45) is 14.1 Å². The van der Waals surface area contributed by atoms with Crippen LogP contribution < -0.4 is 22.1 Å². The van der Waals surface area contributed by atoms with Crippen LogP contribution in [-0.4, -0.2) is 24.6 Å². The van der Waals surface area contributed by atoms with Crippen molar-refractivity contribution in [1.82, 2.24) is 29.5 Å². The molecule has 0 radical (unpaired) electrons. The molecule has 0 aliphatic carbocycles. The molecule has 9 nitrogen and oxygen atoms in total. The van der Waals surface area contributed by atoms with Gasteiger partial charge in [0.2, 0.25) is 5.91 Å². The fourth-order valence-corrected chi connectivity index (χ4v) is 2.03. The minimum Gasteiger partial charge on any atom is -0.324 e. The summed E-state index contributed by atoms with van der Waals surface area (Å²) >= 11 is 0. The number of aryl methyl sites for hydroxylation is 2. The summed E-state index contributed by atoms with van der Waals surface area (Å²) in [5, 5.41) is 0. The van der Waals surface area contributed by atoms with Crippen LogP contribution in [0.25, 0.3) is 11.2 Å². The van der Waals surface area contributed by atoms with E-state index in [1.807, 2.05) is 0 Å². The van der Waals surface area contributed by atoms with Crippen LogP contribution in [0.15, 0.2) is 28.2 Å². The van der Waals surface area contributed by atoms with Crippen LogP contribution in [0.2, 0.25) is 0 Å². The van der Waals surface area contributed by atoms with Gasteiger partial charge in [0.1, 0.15) is 0 Å². The van der Waals surface area contributed by atoms with Crippen molar-refractivity contribution < 1.29 is 4.79 Å². The molecule has 0 aromatic carbocycles.